The van der Waals surface area contributed by atoms with Gasteiger partial charge in [0.05, 0.1) is 29.8 Å². The Kier molecular flexibility index (Phi) is 6.64. The summed E-state index contributed by atoms with van der Waals surface area (Å²) in [4.78, 5) is 28.9. The fourth-order valence-electron chi connectivity index (χ4n) is 4.07. The van der Waals surface area contributed by atoms with Crippen LogP contribution in [-0.4, -0.2) is 44.1 Å². The number of hydrogen-bond donors (Lipinski definition) is 1. The number of non-ortho nitro benzene ring substituents is 1. The van der Waals surface area contributed by atoms with Crippen LogP contribution in [0.3, 0.4) is 0 Å². The van der Waals surface area contributed by atoms with Crippen LogP contribution in [0.1, 0.15) is 36.3 Å². The molecule has 0 radical (unpaired) electrons. The van der Waals surface area contributed by atoms with Gasteiger partial charge in [0, 0.05) is 48.9 Å². The molecule has 170 valence electrons. The Bertz CT molecular complexity index is 1150. The van der Waals surface area contributed by atoms with Gasteiger partial charge in [0.2, 0.25) is 0 Å². The van der Waals surface area contributed by atoms with E-state index < -0.39 is 4.92 Å². The second kappa shape index (κ2) is 9.78. The third-order valence-electron chi connectivity index (χ3n) is 5.63. The number of nitrogens with one attached hydrogen (secondary N) is 1. The summed E-state index contributed by atoms with van der Waals surface area (Å²) >= 11 is 5.67. The minimum absolute atomic E-state index is 0.0342. The van der Waals surface area contributed by atoms with E-state index in [4.69, 9.17) is 17.0 Å². The molecule has 0 unspecified atom stereocenters. The number of nitro groups is 1. The maximum atomic E-state index is 11.6. The van der Waals surface area contributed by atoms with Crippen molar-refractivity contribution >= 4 is 29.0 Å². The Morgan fingerprint density at radius 3 is 2.67 bits per heavy atom. The van der Waals surface area contributed by atoms with E-state index in [1.165, 1.54) is 19.2 Å². The van der Waals surface area contributed by atoms with E-state index in [9.17, 15) is 14.9 Å². The van der Waals surface area contributed by atoms with Gasteiger partial charge >= 0.3 is 5.97 Å². The first kappa shape index (κ1) is 22.4. The maximum absolute atomic E-state index is 11.6. The first-order valence-corrected chi connectivity index (χ1v) is 10.9. The third kappa shape index (κ3) is 4.70. The first-order valence-electron chi connectivity index (χ1n) is 10.5. The second-order valence-electron chi connectivity index (χ2n) is 7.58. The van der Waals surface area contributed by atoms with E-state index in [0.717, 1.165) is 17.1 Å². The number of aromatic nitrogens is 2. The summed E-state index contributed by atoms with van der Waals surface area (Å²) in [7, 11) is 1.38. The Labute approximate surface area is 196 Å². The van der Waals surface area contributed by atoms with Crippen LogP contribution in [0.2, 0.25) is 0 Å². The lowest BCUT2D eigenvalue weighted by Crippen LogP contribution is -2.31. The number of nitro benzene ring substituents is 1. The predicted octanol–water partition coefficient (Wildman–Crippen LogP) is 3.71. The lowest BCUT2D eigenvalue weighted by molar-refractivity contribution is -0.384. The lowest BCUT2D eigenvalue weighted by Gasteiger charge is -2.29. The van der Waals surface area contributed by atoms with Gasteiger partial charge in [-0.1, -0.05) is 6.07 Å². The number of pyridine rings is 1. The van der Waals surface area contributed by atoms with Crippen molar-refractivity contribution in [2.45, 2.75) is 24.9 Å². The van der Waals surface area contributed by atoms with Gasteiger partial charge in [-0.15, -0.1) is 0 Å². The van der Waals surface area contributed by atoms with Crippen LogP contribution in [0.15, 0.2) is 67.0 Å². The molecule has 3 aromatic rings. The predicted molar refractivity (Wildman–Crippen MR) is 126 cm³/mol. The molecule has 9 nitrogen and oxygen atoms in total. The molecule has 0 saturated carbocycles. The Morgan fingerprint density at radius 2 is 2.00 bits per heavy atom. The largest absolute Gasteiger partial charge is 0.469 e. The van der Waals surface area contributed by atoms with Crippen molar-refractivity contribution in [2.75, 3.05) is 13.7 Å². The molecule has 0 spiro atoms. The first-order chi connectivity index (χ1) is 16.0. The molecule has 10 heteroatoms. The number of rotatable bonds is 8. The number of esters is 1. The molecule has 1 fully saturated rings. The highest BCUT2D eigenvalue weighted by molar-refractivity contribution is 7.80. The van der Waals surface area contributed by atoms with Gasteiger partial charge in [0.25, 0.3) is 5.69 Å². The summed E-state index contributed by atoms with van der Waals surface area (Å²) < 4.78 is 6.76. The van der Waals surface area contributed by atoms with Gasteiger partial charge < -0.3 is 19.5 Å². The summed E-state index contributed by atoms with van der Waals surface area (Å²) in [5.41, 5.74) is 2.63. The molecule has 2 atom stereocenters. The molecule has 1 N–H and O–H groups in total. The van der Waals surface area contributed by atoms with E-state index in [1.807, 2.05) is 41.1 Å². The van der Waals surface area contributed by atoms with E-state index in [1.54, 1.807) is 18.3 Å². The smallest absolute Gasteiger partial charge is 0.305 e. The van der Waals surface area contributed by atoms with Crippen LogP contribution < -0.4 is 5.32 Å². The maximum Gasteiger partial charge on any atom is 0.305 e. The molecule has 1 saturated heterocycles. The third-order valence-corrected chi connectivity index (χ3v) is 5.98. The van der Waals surface area contributed by atoms with Gasteiger partial charge in [0.1, 0.15) is 0 Å². The number of ether oxygens (including phenoxy) is 1. The highest BCUT2D eigenvalue weighted by atomic mass is 32.1. The fraction of sp³-hybridized carbons (Fsp3) is 0.261. The molecule has 4 rings (SSSR count). The molecule has 0 aliphatic carbocycles. The molecule has 1 aromatic carbocycles. The monoisotopic (exact) mass is 465 g/mol. The minimum atomic E-state index is -0.417. The quantitative estimate of drug-likeness (QED) is 0.232. The topological polar surface area (TPSA) is 103 Å². The summed E-state index contributed by atoms with van der Waals surface area (Å²) in [6, 6.07) is 15.7. The van der Waals surface area contributed by atoms with Crippen LogP contribution >= 0.6 is 12.2 Å². The van der Waals surface area contributed by atoms with Crippen LogP contribution in [-0.2, 0) is 9.53 Å². The SMILES string of the molecule is COC(=O)CCCN1C(=S)N[C@@H](c2ccccn2)[C@@H]1c1cccn1-c1ccc([N+](=O)[O-])cc1. The summed E-state index contributed by atoms with van der Waals surface area (Å²) in [6.07, 6.45) is 4.53. The van der Waals surface area contributed by atoms with Crippen molar-refractivity contribution < 1.29 is 14.5 Å². The van der Waals surface area contributed by atoms with Gasteiger partial charge in [0.15, 0.2) is 5.11 Å². The van der Waals surface area contributed by atoms with Crippen LogP contribution in [0.4, 0.5) is 5.69 Å². The van der Waals surface area contributed by atoms with Gasteiger partial charge in [-0.2, -0.15) is 0 Å². The van der Waals surface area contributed by atoms with Crippen LogP contribution in [0.5, 0.6) is 0 Å². The number of carbonyl (C=O) groups excluding carboxylic acids is 1. The molecule has 33 heavy (non-hydrogen) atoms. The summed E-state index contributed by atoms with van der Waals surface area (Å²) in [5, 5.41) is 15.0. The Hall–Kier alpha value is -3.79. The fourth-order valence-corrected chi connectivity index (χ4v) is 4.40. The van der Waals surface area contributed by atoms with Crippen molar-refractivity contribution in [3.63, 3.8) is 0 Å². The normalized spacial score (nSPS) is 17.6. The molecule has 3 heterocycles. The van der Waals surface area contributed by atoms with Crippen molar-refractivity contribution in [1.29, 1.82) is 0 Å². The number of nitrogens with zero attached hydrogens (tertiary/aromatic N) is 4. The van der Waals surface area contributed by atoms with E-state index >= 15 is 0 Å². The average Bonchev–Trinajstić information content (AvgIpc) is 3.44. The average molecular weight is 466 g/mol. The highest BCUT2D eigenvalue weighted by Gasteiger charge is 2.41. The zero-order chi connectivity index (χ0) is 23.4. The number of benzene rings is 1. The van der Waals surface area contributed by atoms with Crippen LogP contribution in [0, 0.1) is 10.1 Å². The summed E-state index contributed by atoms with van der Waals surface area (Å²) in [5.74, 6) is -0.264. The Balaban J connectivity index is 1.70. The molecule has 1 aliphatic rings. The number of carbonyl (C=O) groups is 1. The minimum Gasteiger partial charge on any atom is -0.469 e. The summed E-state index contributed by atoms with van der Waals surface area (Å²) in [6.45, 7) is 0.556. The second-order valence-corrected chi connectivity index (χ2v) is 7.96. The number of hydrogen-bond acceptors (Lipinski definition) is 6. The highest BCUT2D eigenvalue weighted by Crippen LogP contribution is 2.39. The molecule has 2 aromatic heterocycles. The van der Waals surface area contributed by atoms with Crippen molar-refractivity contribution in [3.05, 3.63) is 88.5 Å². The van der Waals surface area contributed by atoms with E-state index in [-0.39, 0.29) is 23.7 Å². The van der Waals surface area contributed by atoms with Gasteiger partial charge in [-0.25, -0.2) is 0 Å². The van der Waals surface area contributed by atoms with E-state index in [2.05, 4.69) is 15.2 Å². The zero-order valence-corrected chi connectivity index (χ0v) is 18.8. The number of methoxy groups -OCH3 is 1. The van der Waals surface area contributed by atoms with Gasteiger partial charge in [-0.3, -0.25) is 19.9 Å². The molecule has 1 aliphatic heterocycles. The van der Waals surface area contributed by atoms with Gasteiger partial charge in [-0.05, 0) is 55.0 Å². The number of thiocarbonyl (C=S) groups is 1. The van der Waals surface area contributed by atoms with Crippen LogP contribution in [0.25, 0.3) is 5.69 Å². The molecule has 0 amide bonds. The van der Waals surface area contributed by atoms with Crippen molar-refractivity contribution in [2.24, 2.45) is 0 Å². The molecular weight excluding hydrogens is 442 g/mol. The molecular formula is C23H23N5O4S. The zero-order valence-electron chi connectivity index (χ0n) is 18.0. The van der Waals surface area contributed by atoms with Crippen molar-refractivity contribution in [3.8, 4) is 5.69 Å². The van der Waals surface area contributed by atoms with E-state index in [0.29, 0.717) is 24.5 Å². The lowest BCUT2D eigenvalue weighted by atomic mass is 10.0. The standard InChI is InChI=1S/C23H23N5O4S/c1-32-20(29)8-5-15-27-22(21(25-23(27)33)18-6-2-3-13-24-18)19-7-4-14-26(19)16-9-11-17(12-10-16)28(30)31/h2-4,6-7,9-14,21-22H,5,8,15H2,1H3,(H,25,33)/t21-,22-/m0/s1. The molecule has 0 bridgehead atoms. The Morgan fingerprint density at radius 1 is 1.21 bits per heavy atom. The van der Waals surface area contributed by atoms with Crippen molar-refractivity contribution in [1.82, 2.24) is 19.8 Å².